The normalized spacial score (nSPS) is 11.4. The third-order valence-corrected chi connectivity index (χ3v) is 1.60. The summed E-state index contributed by atoms with van der Waals surface area (Å²) in [6, 6.07) is 0. The van der Waals surface area contributed by atoms with E-state index in [2.05, 4.69) is 21.7 Å². The number of unbranched alkanes of at least 4 members (excludes halogenated alkanes) is 2. The molecule has 84 valence electrons. The first-order valence-electron chi connectivity index (χ1n) is 4.99. The van der Waals surface area contributed by atoms with Gasteiger partial charge < -0.3 is 0 Å². The molecule has 0 atom stereocenters. The van der Waals surface area contributed by atoms with Crippen molar-refractivity contribution in [2.45, 2.75) is 47.0 Å². The Morgan fingerprint density at radius 3 is 2.36 bits per heavy atom. The molecule has 4 nitrogen and oxygen atoms in total. The van der Waals surface area contributed by atoms with Crippen LogP contribution in [0.2, 0.25) is 0 Å². The minimum Gasteiger partial charge on any atom is -0.268 e. The Balaban J connectivity index is 3.33. The van der Waals surface area contributed by atoms with Gasteiger partial charge in [-0.25, -0.2) is 4.79 Å². The second-order valence-electron chi connectivity index (χ2n) is 4.22. The van der Waals surface area contributed by atoms with E-state index in [9.17, 15) is 4.79 Å². The first-order chi connectivity index (χ1) is 6.48. The molecular weight excluding hydrogens is 184 g/mol. The predicted octanol–water partition coefficient (Wildman–Crippen LogP) is 2.63. The van der Waals surface area contributed by atoms with Gasteiger partial charge in [-0.05, 0) is 32.2 Å². The van der Waals surface area contributed by atoms with Crippen molar-refractivity contribution in [3.05, 3.63) is 0 Å². The smallest absolute Gasteiger partial charge is 0.268 e. The van der Waals surface area contributed by atoms with Gasteiger partial charge in [0.1, 0.15) is 0 Å². The van der Waals surface area contributed by atoms with Gasteiger partial charge in [0.05, 0.1) is 12.0 Å². The maximum Gasteiger partial charge on any atom is 0.350 e. The van der Waals surface area contributed by atoms with Gasteiger partial charge in [-0.2, -0.15) is 4.89 Å². The summed E-state index contributed by atoms with van der Waals surface area (Å²) in [6.45, 7) is 7.78. The van der Waals surface area contributed by atoms with Gasteiger partial charge in [-0.1, -0.05) is 19.8 Å². The molecule has 0 bridgehead atoms. The van der Waals surface area contributed by atoms with Crippen LogP contribution in [0.4, 0.5) is 0 Å². The van der Waals surface area contributed by atoms with E-state index in [1.54, 1.807) is 20.8 Å². The fraction of sp³-hybridized carbons (Fsp3) is 0.900. The van der Waals surface area contributed by atoms with Gasteiger partial charge in [0.15, 0.2) is 0 Å². The highest BCUT2D eigenvalue weighted by molar-refractivity contribution is 5.74. The summed E-state index contributed by atoms with van der Waals surface area (Å²) in [6.07, 6.45) is 3.10. The fourth-order valence-corrected chi connectivity index (χ4v) is 0.625. The zero-order chi connectivity index (χ0) is 11.0. The molecule has 0 aliphatic heterocycles. The summed E-state index contributed by atoms with van der Waals surface area (Å²) in [7, 11) is 0. The van der Waals surface area contributed by atoms with E-state index in [1.807, 2.05) is 0 Å². The third kappa shape index (κ3) is 6.86. The van der Waals surface area contributed by atoms with Crippen molar-refractivity contribution in [3.63, 3.8) is 0 Å². The average Bonchev–Trinajstić information content (AvgIpc) is 2.09. The highest BCUT2D eigenvalue weighted by Crippen LogP contribution is 2.15. The molecular formula is C10H20O4. The van der Waals surface area contributed by atoms with E-state index < -0.39 is 11.4 Å². The average molecular weight is 204 g/mol. The zero-order valence-corrected chi connectivity index (χ0v) is 9.46. The summed E-state index contributed by atoms with van der Waals surface area (Å²) in [5.41, 5.74) is -0.563. The number of rotatable bonds is 6. The van der Waals surface area contributed by atoms with E-state index in [0.717, 1.165) is 19.3 Å². The Morgan fingerprint density at radius 1 is 1.21 bits per heavy atom. The standard InChI is InChI=1S/C10H20O4/c1-5-6-7-8-12-14-13-9(11)10(2,3)4/h5-8H2,1-4H3. The van der Waals surface area contributed by atoms with Crippen LogP contribution in [0, 0.1) is 5.41 Å². The Hall–Kier alpha value is -0.610. The van der Waals surface area contributed by atoms with Gasteiger partial charge >= 0.3 is 5.97 Å². The first kappa shape index (κ1) is 13.4. The molecule has 0 saturated heterocycles. The van der Waals surface area contributed by atoms with Crippen LogP contribution in [0.3, 0.4) is 0 Å². The molecule has 0 spiro atoms. The van der Waals surface area contributed by atoms with E-state index in [1.165, 1.54) is 0 Å². The lowest BCUT2D eigenvalue weighted by Gasteiger charge is -2.13. The van der Waals surface area contributed by atoms with Gasteiger partial charge in [0.2, 0.25) is 0 Å². The lowest BCUT2D eigenvalue weighted by atomic mass is 9.98. The molecule has 4 heteroatoms. The van der Waals surface area contributed by atoms with E-state index in [0.29, 0.717) is 6.61 Å². The predicted molar refractivity (Wildman–Crippen MR) is 52.1 cm³/mol. The third-order valence-electron chi connectivity index (χ3n) is 1.60. The maximum absolute atomic E-state index is 11.1. The number of hydrogen-bond acceptors (Lipinski definition) is 4. The number of carbonyl (C=O) groups excluding carboxylic acids is 1. The Bertz CT molecular complexity index is 160. The van der Waals surface area contributed by atoms with Crippen molar-refractivity contribution < 1.29 is 19.6 Å². The molecule has 0 N–H and O–H groups in total. The highest BCUT2D eigenvalue weighted by Gasteiger charge is 2.24. The van der Waals surface area contributed by atoms with Crippen LogP contribution in [0.1, 0.15) is 47.0 Å². The minimum atomic E-state index is -0.563. The zero-order valence-electron chi connectivity index (χ0n) is 9.46. The van der Waals surface area contributed by atoms with Gasteiger partial charge in [0, 0.05) is 0 Å². The van der Waals surface area contributed by atoms with Crippen LogP contribution in [0.25, 0.3) is 0 Å². The molecule has 0 amide bonds. The molecule has 0 unspecified atom stereocenters. The second kappa shape index (κ2) is 6.79. The molecule has 0 radical (unpaired) electrons. The molecule has 0 aromatic heterocycles. The molecule has 0 rings (SSSR count). The van der Waals surface area contributed by atoms with Crippen LogP contribution < -0.4 is 0 Å². The molecule has 0 heterocycles. The number of carbonyl (C=O) groups is 1. The highest BCUT2D eigenvalue weighted by atomic mass is 17.5. The van der Waals surface area contributed by atoms with Gasteiger partial charge in [-0.15, -0.1) is 0 Å². The van der Waals surface area contributed by atoms with Crippen LogP contribution >= 0.6 is 0 Å². The Labute approximate surface area is 85.4 Å². The molecule has 0 saturated carbocycles. The summed E-state index contributed by atoms with van der Waals surface area (Å²) >= 11 is 0. The lowest BCUT2D eigenvalue weighted by Crippen LogP contribution is -2.23. The van der Waals surface area contributed by atoms with Crippen LogP contribution in [0.15, 0.2) is 0 Å². The lowest BCUT2D eigenvalue weighted by molar-refractivity contribution is -0.488. The van der Waals surface area contributed by atoms with Crippen molar-refractivity contribution in [1.82, 2.24) is 0 Å². The molecule has 0 fully saturated rings. The summed E-state index contributed by atoms with van der Waals surface area (Å²) in [4.78, 5) is 20.2. The van der Waals surface area contributed by atoms with Crippen LogP contribution in [-0.2, 0) is 19.6 Å². The quantitative estimate of drug-likeness (QED) is 0.379. The van der Waals surface area contributed by atoms with E-state index in [4.69, 9.17) is 0 Å². The van der Waals surface area contributed by atoms with Gasteiger partial charge in [-0.3, -0.25) is 4.89 Å². The monoisotopic (exact) mass is 204 g/mol. The first-order valence-corrected chi connectivity index (χ1v) is 4.99. The fourth-order valence-electron chi connectivity index (χ4n) is 0.625. The topological polar surface area (TPSA) is 44.8 Å². The summed E-state index contributed by atoms with van der Waals surface area (Å²) in [5.74, 6) is -0.437. The van der Waals surface area contributed by atoms with Crippen LogP contribution in [-0.4, -0.2) is 12.6 Å². The van der Waals surface area contributed by atoms with Crippen molar-refractivity contribution in [3.8, 4) is 0 Å². The molecule has 0 aromatic rings. The van der Waals surface area contributed by atoms with Crippen LogP contribution in [0.5, 0.6) is 0 Å². The van der Waals surface area contributed by atoms with E-state index >= 15 is 0 Å². The second-order valence-corrected chi connectivity index (χ2v) is 4.22. The van der Waals surface area contributed by atoms with Crippen molar-refractivity contribution >= 4 is 5.97 Å². The van der Waals surface area contributed by atoms with Gasteiger partial charge in [0.25, 0.3) is 0 Å². The van der Waals surface area contributed by atoms with Crippen molar-refractivity contribution in [2.24, 2.45) is 5.41 Å². The Kier molecular flexibility index (Phi) is 6.49. The Morgan fingerprint density at radius 2 is 1.86 bits per heavy atom. The molecule has 0 aromatic carbocycles. The molecule has 0 aliphatic carbocycles. The summed E-state index contributed by atoms with van der Waals surface area (Å²) < 4.78 is 0. The SMILES string of the molecule is CCCCCOOOC(=O)C(C)(C)C. The minimum absolute atomic E-state index is 0.437. The van der Waals surface area contributed by atoms with E-state index in [-0.39, 0.29) is 0 Å². The number of hydrogen-bond donors (Lipinski definition) is 0. The largest absolute Gasteiger partial charge is 0.350 e. The molecule has 0 aliphatic rings. The maximum atomic E-state index is 11.1. The molecule has 14 heavy (non-hydrogen) atoms. The van der Waals surface area contributed by atoms with Crippen molar-refractivity contribution in [1.29, 1.82) is 0 Å². The summed E-state index contributed by atoms with van der Waals surface area (Å²) in [5, 5.41) is 4.32. The van der Waals surface area contributed by atoms with Crippen molar-refractivity contribution in [2.75, 3.05) is 6.61 Å².